The summed E-state index contributed by atoms with van der Waals surface area (Å²) in [6.45, 7) is 9.65. The van der Waals surface area contributed by atoms with Crippen molar-refractivity contribution >= 4 is 0 Å². The molecule has 19 heavy (non-hydrogen) atoms. The number of aliphatic hydroxyl groups excluding tert-OH is 1. The Kier molecular flexibility index (Phi) is 5.23. The van der Waals surface area contributed by atoms with E-state index in [9.17, 15) is 5.11 Å². The highest BCUT2D eigenvalue weighted by Crippen LogP contribution is 2.25. The zero-order valence-electron chi connectivity index (χ0n) is 12.9. The van der Waals surface area contributed by atoms with Gasteiger partial charge in [0.1, 0.15) is 0 Å². The number of hydrogen-bond acceptors (Lipinski definition) is 4. The second-order valence-electron chi connectivity index (χ2n) is 6.71. The maximum atomic E-state index is 9.41. The lowest BCUT2D eigenvalue weighted by Crippen LogP contribution is -2.55. The Balaban J connectivity index is 1.76. The fraction of sp³-hybridized carbons (Fsp3) is 1.00. The Morgan fingerprint density at radius 2 is 2.16 bits per heavy atom. The van der Waals surface area contributed by atoms with E-state index in [1.165, 1.54) is 39.0 Å². The van der Waals surface area contributed by atoms with E-state index in [0.717, 1.165) is 18.9 Å². The van der Waals surface area contributed by atoms with Crippen LogP contribution in [0, 0.1) is 0 Å². The standard InChI is InChI=1S/C15H31N3O/c1-13-10-18-8-4-6-14(18)11-17(13)9-5-7-15(2,12-19)16-3/h13-14,16,19H,4-12H2,1-3H3. The molecule has 2 fully saturated rings. The van der Waals surface area contributed by atoms with Crippen molar-refractivity contribution in [3.8, 4) is 0 Å². The molecule has 0 aromatic heterocycles. The van der Waals surface area contributed by atoms with Gasteiger partial charge in [0.2, 0.25) is 0 Å². The highest BCUT2D eigenvalue weighted by molar-refractivity contribution is 4.91. The topological polar surface area (TPSA) is 38.7 Å². The minimum Gasteiger partial charge on any atom is -0.394 e. The van der Waals surface area contributed by atoms with E-state index in [0.29, 0.717) is 6.04 Å². The molecule has 0 amide bonds. The van der Waals surface area contributed by atoms with E-state index in [-0.39, 0.29) is 12.1 Å². The number of nitrogens with zero attached hydrogens (tertiary/aromatic N) is 2. The summed E-state index contributed by atoms with van der Waals surface area (Å²) in [6.07, 6.45) is 4.97. The van der Waals surface area contributed by atoms with Crippen LogP contribution in [0.2, 0.25) is 0 Å². The Morgan fingerprint density at radius 3 is 2.84 bits per heavy atom. The molecule has 4 nitrogen and oxygen atoms in total. The number of likely N-dealkylation sites (N-methyl/N-ethyl adjacent to an activating group) is 1. The minimum atomic E-state index is -0.113. The molecule has 2 rings (SSSR count). The van der Waals surface area contributed by atoms with Crippen molar-refractivity contribution in [2.75, 3.05) is 39.8 Å². The monoisotopic (exact) mass is 269 g/mol. The quantitative estimate of drug-likeness (QED) is 0.752. The number of hydrogen-bond donors (Lipinski definition) is 2. The molecule has 0 aromatic rings. The van der Waals surface area contributed by atoms with Crippen LogP contribution in [0.3, 0.4) is 0 Å². The van der Waals surface area contributed by atoms with Crippen molar-refractivity contribution in [2.45, 2.75) is 57.2 Å². The third-order valence-electron chi connectivity index (χ3n) is 5.19. The van der Waals surface area contributed by atoms with Crippen LogP contribution < -0.4 is 5.32 Å². The van der Waals surface area contributed by atoms with Crippen LogP contribution in [-0.2, 0) is 0 Å². The van der Waals surface area contributed by atoms with Gasteiger partial charge in [-0.1, -0.05) is 0 Å². The van der Waals surface area contributed by atoms with Gasteiger partial charge in [-0.2, -0.15) is 0 Å². The van der Waals surface area contributed by atoms with Crippen molar-refractivity contribution in [3.05, 3.63) is 0 Å². The summed E-state index contributed by atoms with van der Waals surface area (Å²) in [7, 11) is 1.94. The van der Waals surface area contributed by atoms with Gasteiger partial charge >= 0.3 is 0 Å². The molecule has 3 atom stereocenters. The van der Waals surface area contributed by atoms with Crippen molar-refractivity contribution in [3.63, 3.8) is 0 Å². The second kappa shape index (κ2) is 6.53. The molecule has 112 valence electrons. The van der Waals surface area contributed by atoms with Gasteiger partial charge < -0.3 is 10.4 Å². The Morgan fingerprint density at radius 1 is 1.37 bits per heavy atom. The van der Waals surface area contributed by atoms with Crippen LogP contribution in [0.5, 0.6) is 0 Å². The van der Waals surface area contributed by atoms with E-state index in [2.05, 4.69) is 29.0 Å². The van der Waals surface area contributed by atoms with Crippen LogP contribution in [0.25, 0.3) is 0 Å². The van der Waals surface area contributed by atoms with Crippen LogP contribution in [0.15, 0.2) is 0 Å². The first-order valence-corrected chi connectivity index (χ1v) is 7.86. The molecule has 2 aliphatic heterocycles. The smallest absolute Gasteiger partial charge is 0.0610 e. The summed E-state index contributed by atoms with van der Waals surface area (Å²) in [6, 6.07) is 1.49. The first-order chi connectivity index (χ1) is 9.08. The largest absolute Gasteiger partial charge is 0.394 e. The number of rotatable bonds is 6. The summed E-state index contributed by atoms with van der Waals surface area (Å²) >= 11 is 0. The van der Waals surface area contributed by atoms with Crippen molar-refractivity contribution in [1.29, 1.82) is 0 Å². The van der Waals surface area contributed by atoms with E-state index in [1.807, 2.05) is 7.05 Å². The zero-order valence-corrected chi connectivity index (χ0v) is 12.9. The third kappa shape index (κ3) is 3.69. The van der Waals surface area contributed by atoms with E-state index < -0.39 is 0 Å². The van der Waals surface area contributed by atoms with Gasteiger partial charge in [0, 0.05) is 30.7 Å². The maximum absolute atomic E-state index is 9.41. The Labute approximate surface area is 118 Å². The zero-order chi connectivity index (χ0) is 13.9. The Hall–Kier alpha value is -0.160. The molecule has 4 heteroatoms. The summed E-state index contributed by atoms with van der Waals surface area (Å²) < 4.78 is 0. The highest BCUT2D eigenvalue weighted by Gasteiger charge is 2.34. The van der Waals surface area contributed by atoms with Gasteiger partial charge in [0.15, 0.2) is 0 Å². The first kappa shape index (κ1) is 15.2. The van der Waals surface area contributed by atoms with Gasteiger partial charge in [-0.05, 0) is 59.7 Å². The number of aliphatic hydroxyl groups is 1. The number of nitrogens with one attached hydrogen (secondary N) is 1. The van der Waals surface area contributed by atoms with E-state index in [4.69, 9.17) is 0 Å². The fourth-order valence-corrected chi connectivity index (χ4v) is 3.51. The Bertz CT molecular complexity index is 281. The van der Waals surface area contributed by atoms with E-state index in [1.54, 1.807) is 0 Å². The highest BCUT2D eigenvalue weighted by atomic mass is 16.3. The molecular weight excluding hydrogens is 238 g/mol. The van der Waals surface area contributed by atoms with Crippen LogP contribution in [0.4, 0.5) is 0 Å². The molecule has 2 aliphatic rings. The molecule has 0 aliphatic carbocycles. The van der Waals surface area contributed by atoms with Gasteiger partial charge in [0.25, 0.3) is 0 Å². The summed E-state index contributed by atoms with van der Waals surface area (Å²) in [4.78, 5) is 5.33. The second-order valence-corrected chi connectivity index (χ2v) is 6.71. The molecule has 3 unspecified atom stereocenters. The lowest BCUT2D eigenvalue weighted by atomic mass is 9.96. The molecule has 2 saturated heterocycles. The summed E-state index contributed by atoms with van der Waals surface area (Å²) in [5.41, 5.74) is -0.113. The lowest BCUT2D eigenvalue weighted by Gasteiger charge is -2.42. The molecule has 0 saturated carbocycles. The lowest BCUT2D eigenvalue weighted by molar-refractivity contribution is 0.0554. The van der Waals surface area contributed by atoms with Gasteiger partial charge in [-0.25, -0.2) is 0 Å². The van der Waals surface area contributed by atoms with Crippen LogP contribution >= 0.6 is 0 Å². The van der Waals surface area contributed by atoms with Crippen molar-refractivity contribution in [2.24, 2.45) is 0 Å². The van der Waals surface area contributed by atoms with Gasteiger partial charge in [0.05, 0.1) is 6.61 Å². The van der Waals surface area contributed by atoms with Gasteiger partial charge in [-0.3, -0.25) is 9.80 Å². The van der Waals surface area contributed by atoms with Crippen LogP contribution in [-0.4, -0.2) is 72.4 Å². The van der Waals surface area contributed by atoms with Crippen LogP contribution in [0.1, 0.15) is 39.5 Å². The summed E-state index contributed by atoms with van der Waals surface area (Å²) in [5, 5.41) is 12.7. The fourth-order valence-electron chi connectivity index (χ4n) is 3.51. The van der Waals surface area contributed by atoms with Crippen molar-refractivity contribution < 1.29 is 5.11 Å². The summed E-state index contributed by atoms with van der Waals surface area (Å²) in [5.74, 6) is 0. The molecule has 0 aromatic carbocycles. The normalized spacial score (nSPS) is 32.2. The molecule has 2 N–H and O–H groups in total. The SMILES string of the molecule is CNC(C)(CO)CCCN1CC2CCCN2CC1C. The molecule has 2 heterocycles. The van der Waals surface area contributed by atoms with Crippen molar-refractivity contribution in [1.82, 2.24) is 15.1 Å². The van der Waals surface area contributed by atoms with E-state index >= 15 is 0 Å². The molecule has 0 radical (unpaired) electrons. The average molecular weight is 269 g/mol. The average Bonchev–Trinajstić information content (AvgIpc) is 2.85. The predicted molar refractivity (Wildman–Crippen MR) is 79.4 cm³/mol. The molecular formula is C15H31N3O. The maximum Gasteiger partial charge on any atom is 0.0610 e. The molecule has 0 bridgehead atoms. The molecule has 0 spiro atoms. The minimum absolute atomic E-state index is 0.113. The third-order valence-corrected chi connectivity index (χ3v) is 5.19. The van der Waals surface area contributed by atoms with Gasteiger partial charge in [-0.15, -0.1) is 0 Å². The predicted octanol–water partition coefficient (Wildman–Crippen LogP) is 0.905. The number of fused-ring (bicyclic) bond motifs is 1. The first-order valence-electron chi connectivity index (χ1n) is 7.86. The number of piperazine rings is 1.